The molecule has 0 saturated heterocycles. The van der Waals surface area contributed by atoms with E-state index < -0.39 is 0 Å². The Kier molecular flexibility index (Phi) is 32.1. The summed E-state index contributed by atoms with van der Waals surface area (Å²) < 4.78 is 21.3. The van der Waals surface area contributed by atoms with E-state index in [1.165, 1.54) is 53.3 Å². The largest absolute Gasteiger partial charge is 0.428 e. The maximum atomic E-state index is 4.61. The summed E-state index contributed by atoms with van der Waals surface area (Å²) in [5.41, 5.74) is 3.93. The van der Waals surface area contributed by atoms with Gasteiger partial charge < -0.3 is 23.4 Å². The minimum atomic E-state index is 0.606. The summed E-state index contributed by atoms with van der Waals surface area (Å²) in [5.74, 6) is 4.75. The molecule has 25 nitrogen and oxygen atoms in total. The van der Waals surface area contributed by atoms with Crippen LogP contribution in [0.3, 0.4) is 0 Å². The van der Waals surface area contributed by atoms with Crippen molar-refractivity contribution in [1.82, 2.24) is 110 Å². The number of nitrogens with zero attached hydrogens (tertiary/aromatic N) is 17. The van der Waals surface area contributed by atoms with Crippen LogP contribution in [0.1, 0.15) is 61.3 Å². The minimum absolute atomic E-state index is 0.606. The number of aromatic amines is 5. The fraction of sp³-hybridized carbons (Fsp3) is 0.289. The number of imidazole rings is 2. The molecule has 11 aromatic heterocycles. The van der Waals surface area contributed by atoms with Crippen molar-refractivity contribution in [1.29, 1.82) is 0 Å². The van der Waals surface area contributed by atoms with Crippen LogP contribution in [-0.4, -0.2) is 110 Å². The van der Waals surface area contributed by atoms with E-state index in [1.807, 2.05) is 74.4 Å². The Morgan fingerprint density at radius 3 is 1.44 bits per heavy atom. The average molecular weight is 963 g/mol. The van der Waals surface area contributed by atoms with Gasteiger partial charge in [-0.1, -0.05) is 10.3 Å². The van der Waals surface area contributed by atoms with Crippen molar-refractivity contribution in [2.45, 2.75) is 76.2 Å². The molecule has 11 aromatic rings. The molecular formula is C38H54N22O3S3. The summed E-state index contributed by atoms with van der Waals surface area (Å²) in [7, 11) is 0. The van der Waals surface area contributed by atoms with E-state index >= 15 is 0 Å². The summed E-state index contributed by atoms with van der Waals surface area (Å²) in [5, 5.41) is 41.9. The number of aryl methyl sites for hydroxylation is 11. The monoisotopic (exact) mass is 962 g/mol. The summed E-state index contributed by atoms with van der Waals surface area (Å²) in [6, 6.07) is 5.71. The maximum absolute atomic E-state index is 4.61. The van der Waals surface area contributed by atoms with Gasteiger partial charge in [-0.25, -0.2) is 29.3 Å². The van der Waals surface area contributed by atoms with Gasteiger partial charge in [0.25, 0.3) is 0 Å². The van der Waals surface area contributed by atoms with Crippen molar-refractivity contribution < 1.29 is 13.5 Å². The van der Waals surface area contributed by atoms with Crippen LogP contribution in [-0.2, 0) is 0 Å². The lowest BCUT2D eigenvalue weighted by Gasteiger charge is -1.68. The Morgan fingerprint density at radius 1 is 0.530 bits per heavy atom. The van der Waals surface area contributed by atoms with Crippen LogP contribution in [0, 0.1) is 76.2 Å². The molecule has 0 spiro atoms. The fourth-order valence-corrected chi connectivity index (χ4v) is 4.09. The molecule has 28 heteroatoms. The molecule has 0 atom stereocenters. The molecule has 11 rings (SSSR count). The smallest absolute Gasteiger partial charge is 0.223 e. The molecule has 0 aliphatic rings. The van der Waals surface area contributed by atoms with Gasteiger partial charge in [0.2, 0.25) is 18.2 Å². The third-order valence-corrected chi connectivity index (χ3v) is 7.84. The van der Waals surface area contributed by atoms with Crippen LogP contribution in [0.15, 0.2) is 112 Å². The molecule has 0 amide bonds. The molecule has 0 saturated carbocycles. The first-order valence-corrected chi connectivity index (χ1v) is 21.4. The van der Waals surface area contributed by atoms with Crippen molar-refractivity contribution in [3.8, 4) is 0 Å². The van der Waals surface area contributed by atoms with E-state index in [-0.39, 0.29) is 0 Å². The normalized spacial score (nSPS) is 8.83. The number of H-pyrrole nitrogens is 5. The van der Waals surface area contributed by atoms with E-state index in [1.54, 1.807) is 86.6 Å². The first-order chi connectivity index (χ1) is 31.8. The number of hydrogen-bond donors (Lipinski definition) is 5. The van der Waals surface area contributed by atoms with Crippen molar-refractivity contribution >= 4 is 34.4 Å². The second-order valence-electron chi connectivity index (χ2n) is 11.9. The zero-order chi connectivity index (χ0) is 48.5. The van der Waals surface area contributed by atoms with Crippen LogP contribution < -0.4 is 0 Å². The number of aromatic nitrogens is 22. The van der Waals surface area contributed by atoms with Gasteiger partial charge in [0, 0.05) is 67.2 Å². The number of nitrogens with one attached hydrogen (secondary N) is 5. The Labute approximate surface area is 392 Å². The van der Waals surface area contributed by atoms with Gasteiger partial charge in [-0.15, -0.1) is 31.7 Å². The SMILES string of the molecule is Cc1ccn[nH]1.Cc1ccno1.Cc1ccns1.Cc1cnc[nH]1.Cc1ncc[nH]1.Cc1ncn[nH]1.Cc1ncn[nH]1.Cc1ncno1.Cc1ncns1.Cc1nnco1.Cc1nncs1. The van der Waals surface area contributed by atoms with Gasteiger partial charge in [0.1, 0.15) is 57.7 Å². The standard InChI is InChI=1S/3C4H6N2.C4H5NO.C4H5NS.2C3H5N3.2C3H4N2O.2C3H4N2S/c1-4-2-5-3-6-4;1-4-5-2-3-6-4;3*1-4-2-3-5-6-4;2*1-3-4-2-5-6-3;1-3-5-4-2-6-3;1-3-4-2-5-6-3;1-3-5-4-2-6-3;1-3-4-2-5-6-3/h3*2-3H,1H3,(H,5,6);2*2-3H,1H3;2*2H,1H3,(H,4,5,6);4*2H,1H3. The molecule has 352 valence electrons. The van der Waals surface area contributed by atoms with Crippen LogP contribution in [0.5, 0.6) is 0 Å². The highest BCUT2D eigenvalue weighted by molar-refractivity contribution is 7.09. The third kappa shape index (κ3) is 35.7. The van der Waals surface area contributed by atoms with Crippen molar-refractivity contribution in [3.05, 3.63) is 160 Å². The van der Waals surface area contributed by atoms with Gasteiger partial charge in [-0.3, -0.25) is 15.3 Å². The molecule has 0 fully saturated rings. The molecule has 0 radical (unpaired) electrons. The van der Waals surface area contributed by atoms with E-state index in [2.05, 4.69) is 123 Å². The van der Waals surface area contributed by atoms with E-state index in [0.717, 1.165) is 44.6 Å². The van der Waals surface area contributed by atoms with Crippen LogP contribution in [0.25, 0.3) is 0 Å². The molecule has 0 aliphatic heterocycles. The molecule has 66 heavy (non-hydrogen) atoms. The van der Waals surface area contributed by atoms with Crippen molar-refractivity contribution in [2.75, 3.05) is 0 Å². The lowest BCUT2D eigenvalue weighted by atomic mass is 10.5. The zero-order valence-corrected chi connectivity index (χ0v) is 40.7. The predicted octanol–water partition coefficient (Wildman–Crippen LogP) is 7.26. The summed E-state index contributed by atoms with van der Waals surface area (Å²) in [6.07, 6.45) is 19.3. The number of hydrogen-bond acceptors (Lipinski definition) is 23. The fourth-order valence-electron chi connectivity index (χ4n) is 3.00. The predicted molar refractivity (Wildman–Crippen MR) is 248 cm³/mol. The molecule has 5 N–H and O–H groups in total. The highest BCUT2D eigenvalue weighted by Crippen LogP contribution is 1.98. The summed E-state index contributed by atoms with van der Waals surface area (Å²) in [6.45, 7) is 20.8. The first kappa shape index (κ1) is 56.2. The van der Waals surface area contributed by atoms with Gasteiger partial charge in [-0.2, -0.15) is 24.7 Å². The topological polar surface area (TPSA) is 337 Å². The zero-order valence-electron chi connectivity index (χ0n) is 38.3. The second kappa shape index (κ2) is 37.7. The molecule has 0 unspecified atom stereocenters. The third-order valence-electron chi connectivity index (χ3n) is 6.00. The minimum Gasteiger partial charge on any atom is -0.428 e. The quantitative estimate of drug-likeness (QED) is 0.0997. The van der Waals surface area contributed by atoms with Crippen LogP contribution in [0.2, 0.25) is 0 Å². The lowest BCUT2D eigenvalue weighted by Crippen LogP contribution is -1.68. The Hall–Kier alpha value is -7.85. The van der Waals surface area contributed by atoms with Gasteiger partial charge in [0.15, 0.2) is 6.33 Å². The van der Waals surface area contributed by atoms with Crippen molar-refractivity contribution in [3.63, 3.8) is 0 Å². The Morgan fingerprint density at radius 2 is 1.29 bits per heavy atom. The van der Waals surface area contributed by atoms with Crippen molar-refractivity contribution in [2.24, 2.45) is 0 Å². The molecule has 11 heterocycles. The average Bonchev–Trinajstić information content (AvgIpc) is 4.13. The number of rotatable bonds is 0. The summed E-state index contributed by atoms with van der Waals surface area (Å²) >= 11 is 4.50. The van der Waals surface area contributed by atoms with E-state index in [4.69, 9.17) is 0 Å². The van der Waals surface area contributed by atoms with Gasteiger partial charge in [-0.05, 0) is 97.5 Å². The highest BCUT2D eigenvalue weighted by Gasteiger charge is 1.82. The molecule has 0 aliphatic carbocycles. The maximum Gasteiger partial charge on any atom is 0.223 e. The Bertz CT molecular complexity index is 1850. The van der Waals surface area contributed by atoms with Gasteiger partial charge in [0.05, 0.1) is 12.5 Å². The molecule has 0 bridgehead atoms. The van der Waals surface area contributed by atoms with E-state index in [0.29, 0.717) is 11.8 Å². The lowest BCUT2D eigenvalue weighted by molar-refractivity contribution is 0.392. The molecular weight excluding hydrogens is 909 g/mol. The van der Waals surface area contributed by atoms with Crippen LogP contribution in [0.4, 0.5) is 0 Å². The van der Waals surface area contributed by atoms with Crippen LogP contribution >= 0.6 is 34.4 Å². The first-order valence-electron chi connectivity index (χ1n) is 19.0. The van der Waals surface area contributed by atoms with E-state index in [9.17, 15) is 0 Å². The van der Waals surface area contributed by atoms with Gasteiger partial charge >= 0.3 is 0 Å². The molecule has 0 aromatic carbocycles. The second-order valence-corrected chi connectivity index (χ2v) is 14.9. The summed E-state index contributed by atoms with van der Waals surface area (Å²) in [4.78, 5) is 29.6. The highest BCUT2D eigenvalue weighted by atomic mass is 32.1. The Balaban J connectivity index is 0.000000363.